The van der Waals surface area contributed by atoms with Crippen LogP contribution in [0.25, 0.3) is 11.1 Å². The van der Waals surface area contributed by atoms with Crippen LogP contribution in [0.15, 0.2) is 48.5 Å². The van der Waals surface area contributed by atoms with E-state index in [1.807, 2.05) is 24.3 Å². The molecule has 0 radical (unpaired) electrons. The summed E-state index contributed by atoms with van der Waals surface area (Å²) in [5.41, 5.74) is 4.56. The van der Waals surface area contributed by atoms with Gasteiger partial charge in [0.25, 0.3) is 0 Å². The van der Waals surface area contributed by atoms with Gasteiger partial charge in [-0.2, -0.15) is 0 Å². The number of carboxylic acids is 1. The minimum atomic E-state index is -2.09. The summed E-state index contributed by atoms with van der Waals surface area (Å²) in [6.45, 7) is 11.1. The maximum absolute atomic E-state index is 13.0. The molecule has 0 bridgehead atoms. The molecule has 1 aliphatic carbocycles. The van der Waals surface area contributed by atoms with Crippen LogP contribution >= 0.6 is 0 Å². The van der Waals surface area contributed by atoms with Crippen molar-refractivity contribution < 1.29 is 23.9 Å². The molecule has 0 aromatic heterocycles. The van der Waals surface area contributed by atoms with Gasteiger partial charge in [-0.15, -0.1) is 0 Å². The Bertz CT molecular complexity index is 1020. The van der Waals surface area contributed by atoms with Crippen LogP contribution < -0.4 is 0 Å². The number of aliphatic carboxylic acids is 1. The van der Waals surface area contributed by atoms with Crippen LogP contribution in [0, 0.1) is 0 Å². The van der Waals surface area contributed by atoms with Crippen LogP contribution in [-0.4, -0.2) is 55.7 Å². The van der Waals surface area contributed by atoms with Crippen molar-refractivity contribution in [2.45, 2.75) is 63.4 Å². The summed E-state index contributed by atoms with van der Waals surface area (Å²) >= 11 is 0. The molecule has 33 heavy (non-hydrogen) atoms. The number of carbonyl (C=O) groups excluding carboxylic acids is 1. The molecule has 2 aromatic rings. The topological polar surface area (TPSA) is 76.1 Å². The molecule has 0 unspecified atom stereocenters. The summed E-state index contributed by atoms with van der Waals surface area (Å²) in [5, 5.41) is 9.76. The fourth-order valence-electron chi connectivity index (χ4n) is 4.59. The molecule has 1 heterocycles. The number of benzene rings is 2. The number of carboxylic acid groups (broad SMARTS) is 1. The van der Waals surface area contributed by atoms with E-state index in [1.165, 1.54) is 4.90 Å². The smallest absolute Gasteiger partial charge is 0.410 e. The van der Waals surface area contributed by atoms with Gasteiger partial charge in [-0.05, 0) is 40.4 Å². The first-order chi connectivity index (χ1) is 15.5. The lowest BCUT2D eigenvalue weighted by molar-refractivity contribution is -0.141. The predicted molar refractivity (Wildman–Crippen MR) is 130 cm³/mol. The number of nitrogens with zero attached hydrogens (tertiary/aromatic N) is 1. The van der Waals surface area contributed by atoms with Crippen LogP contribution in [0.1, 0.15) is 44.2 Å². The van der Waals surface area contributed by atoms with Crippen molar-refractivity contribution in [1.29, 1.82) is 0 Å². The molecular weight excluding hydrogens is 434 g/mol. The standard InChI is InChI=1S/C26H33NO5Si/c1-26(2,3)33(4,5)32-17-14-23(24(28)29)27(15-17)25(30)31-16-22-20-12-8-6-10-18(20)19-11-7-9-13-21(19)22/h6-13,17,22-23H,14-16H2,1-5H3,(H,28,29)/t17-,23-/m0/s1. The van der Waals surface area contributed by atoms with Crippen LogP contribution in [0.3, 0.4) is 0 Å². The Labute approximate surface area is 196 Å². The number of hydrogen-bond donors (Lipinski definition) is 1. The van der Waals surface area contributed by atoms with E-state index in [-0.39, 0.29) is 36.6 Å². The Balaban J connectivity index is 1.47. The van der Waals surface area contributed by atoms with E-state index in [2.05, 4.69) is 58.1 Å². The second kappa shape index (κ2) is 8.61. The van der Waals surface area contributed by atoms with E-state index in [4.69, 9.17) is 9.16 Å². The molecule has 1 fully saturated rings. The molecule has 176 valence electrons. The zero-order valence-corrected chi connectivity index (χ0v) is 21.0. The Morgan fingerprint density at radius 1 is 1.03 bits per heavy atom. The third-order valence-corrected chi connectivity index (χ3v) is 11.9. The van der Waals surface area contributed by atoms with E-state index in [9.17, 15) is 14.7 Å². The van der Waals surface area contributed by atoms with Gasteiger partial charge in [0.2, 0.25) is 0 Å². The first-order valence-electron chi connectivity index (χ1n) is 11.5. The molecule has 2 aromatic carbocycles. The normalized spacial score (nSPS) is 20.5. The molecule has 1 N–H and O–H groups in total. The zero-order chi connectivity index (χ0) is 24.0. The summed E-state index contributed by atoms with van der Waals surface area (Å²) in [7, 11) is -2.09. The zero-order valence-electron chi connectivity index (χ0n) is 20.0. The van der Waals surface area contributed by atoms with Crippen LogP contribution in [0.5, 0.6) is 0 Å². The average molecular weight is 468 g/mol. The van der Waals surface area contributed by atoms with Gasteiger partial charge in [0.1, 0.15) is 12.6 Å². The number of carbonyl (C=O) groups is 2. The predicted octanol–water partition coefficient (Wildman–Crippen LogP) is 5.48. The Morgan fingerprint density at radius 3 is 2.09 bits per heavy atom. The molecule has 1 saturated heterocycles. The van der Waals surface area contributed by atoms with Crippen molar-refractivity contribution in [3.8, 4) is 11.1 Å². The molecular formula is C26H33NO5Si. The molecule has 1 aliphatic heterocycles. The SMILES string of the molecule is CC(C)(C)[Si](C)(C)O[C@H]1C[C@@H](C(=O)O)N(C(=O)OCC2c3ccccc3-c3ccccc32)C1. The lowest BCUT2D eigenvalue weighted by Gasteiger charge is -2.38. The van der Waals surface area contributed by atoms with E-state index < -0.39 is 26.4 Å². The largest absolute Gasteiger partial charge is 0.480 e. The highest BCUT2D eigenvalue weighted by Crippen LogP contribution is 2.44. The van der Waals surface area contributed by atoms with Crippen molar-refractivity contribution in [3.63, 3.8) is 0 Å². The van der Waals surface area contributed by atoms with E-state index in [1.54, 1.807) is 0 Å². The summed E-state index contributed by atoms with van der Waals surface area (Å²) in [6, 6.07) is 15.4. The lowest BCUT2D eigenvalue weighted by Crippen LogP contribution is -2.45. The van der Waals surface area contributed by atoms with Crippen molar-refractivity contribution in [2.75, 3.05) is 13.2 Å². The number of likely N-dealkylation sites (tertiary alicyclic amines) is 1. The quantitative estimate of drug-likeness (QED) is 0.589. The van der Waals surface area contributed by atoms with Crippen molar-refractivity contribution in [3.05, 3.63) is 59.7 Å². The number of ether oxygens (including phenoxy) is 1. The van der Waals surface area contributed by atoms with Gasteiger partial charge in [-0.1, -0.05) is 69.3 Å². The molecule has 0 saturated carbocycles. The summed E-state index contributed by atoms with van der Waals surface area (Å²) in [4.78, 5) is 26.3. The van der Waals surface area contributed by atoms with Gasteiger partial charge in [-0.3, -0.25) is 4.90 Å². The van der Waals surface area contributed by atoms with Gasteiger partial charge in [0.05, 0.1) is 6.10 Å². The second-order valence-corrected chi connectivity index (χ2v) is 15.3. The third-order valence-electron chi connectivity index (χ3n) is 7.39. The Kier molecular flexibility index (Phi) is 6.14. The molecule has 7 heteroatoms. The maximum atomic E-state index is 13.0. The van der Waals surface area contributed by atoms with Crippen LogP contribution in [-0.2, 0) is 14.0 Å². The van der Waals surface area contributed by atoms with Crippen LogP contribution in [0.4, 0.5) is 4.79 Å². The highest BCUT2D eigenvalue weighted by Gasteiger charge is 2.46. The minimum absolute atomic E-state index is 0.00288. The fraction of sp³-hybridized carbons (Fsp3) is 0.462. The van der Waals surface area contributed by atoms with Crippen molar-refractivity contribution >= 4 is 20.4 Å². The van der Waals surface area contributed by atoms with Gasteiger partial charge in [0.15, 0.2) is 8.32 Å². The molecule has 2 atom stereocenters. The lowest BCUT2D eigenvalue weighted by atomic mass is 9.98. The first kappa shape index (κ1) is 23.5. The minimum Gasteiger partial charge on any atom is -0.480 e. The van der Waals surface area contributed by atoms with Gasteiger partial charge in [0, 0.05) is 18.9 Å². The van der Waals surface area contributed by atoms with Gasteiger partial charge >= 0.3 is 12.1 Å². The third kappa shape index (κ3) is 4.44. The van der Waals surface area contributed by atoms with E-state index in [0.29, 0.717) is 0 Å². The van der Waals surface area contributed by atoms with E-state index in [0.717, 1.165) is 22.3 Å². The molecule has 2 aliphatic rings. The van der Waals surface area contributed by atoms with Crippen molar-refractivity contribution in [1.82, 2.24) is 4.90 Å². The summed E-state index contributed by atoms with van der Waals surface area (Å²) < 4.78 is 12.2. The van der Waals surface area contributed by atoms with E-state index >= 15 is 0 Å². The highest BCUT2D eigenvalue weighted by atomic mass is 28.4. The number of fused-ring (bicyclic) bond motifs is 3. The first-order valence-corrected chi connectivity index (χ1v) is 14.4. The Hall–Kier alpha value is -2.64. The number of rotatable bonds is 5. The average Bonchev–Trinajstić information content (AvgIpc) is 3.30. The molecule has 6 nitrogen and oxygen atoms in total. The fourth-order valence-corrected chi connectivity index (χ4v) is 5.95. The second-order valence-electron chi connectivity index (χ2n) is 10.5. The molecule has 1 amide bonds. The number of hydrogen-bond acceptors (Lipinski definition) is 4. The van der Waals surface area contributed by atoms with Gasteiger partial charge in [-0.25, -0.2) is 9.59 Å². The molecule has 0 spiro atoms. The summed E-state index contributed by atoms with van der Waals surface area (Å²) in [5.74, 6) is -1.09. The van der Waals surface area contributed by atoms with Crippen molar-refractivity contribution in [2.24, 2.45) is 0 Å². The van der Waals surface area contributed by atoms with Gasteiger partial charge < -0.3 is 14.3 Å². The number of amides is 1. The van der Waals surface area contributed by atoms with Crippen LogP contribution in [0.2, 0.25) is 18.1 Å². The molecule has 4 rings (SSSR count). The highest BCUT2D eigenvalue weighted by molar-refractivity contribution is 6.74. The Morgan fingerprint density at radius 2 is 1.58 bits per heavy atom. The maximum Gasteiger partial charge on any atom is 0.410 e. The summed E-state index contributed by atoms with van der Waals surface area (Å²) in [6.07, 6.45) is -0.607. The monoisotopic (exact) mass is 467 g/mol.